The maximum atomic E-state index is 11.4. The van der Waals surface area contributed by atoms with Crippen molar-refractivity contribution in [3.05, 3.63) is 29.3 Å². The van der Waals surface area contributed by atoms with Gasteiger partial charge in [0.05, 0.1) is 5.56 Å². The Balaban J connectivity index is 2.91. The van der Waals surface area contributed by atoms with Gasteiger partial charge in [0.25, 0.3) is 0 Å². The van der Waals surface area contributed by atoms with Crippen LogP contribution in [-0.2, 0) is 6.42 Å². The number of hydrogen-bond acceptors (Lipinski definition) is 4. The number of carboxylic acids is 1. The number of anilines is 1. The Kier molecular flexibility index (Phi) is 9.33. The van der Waals surface area contributed by atoms with E-state index in [4.69, 9.17) is 10.2 Å². The molecule has 0 heterocycles. The van der Waals surface area contributed by atoms with Crippen molar-refractivity contribution in [3.63, 3.8) is 0 Å². The van der Waals surface area contributed by atoms with Gasteiger partial charge in [-0.05, 0) is 56.2 Å². The fourth-order valence-electron chi connectivity index (χ4n) is 2.79. The van der Waals surface area contributed by atoms with Crippen LogP contribution in [0.2, 0.25) is 0 Å². The summed E-state index contributed by atoms with van der Waals surface area (Å²) >= 11 is 0. The summed E-state index contributed by atoms with van der Waals surface area (Å²) < 4.78 is 0. The predicted octanol–water partition coefficient (Wildman–Crippen LogP) is 3.05. The quantitative estimate of drug-likeness (QED) is 0.444. The summed E-state index contributed by atoms with van der Waals surface area (Å²) in [6.07, 6.45) is 5.68. The molecule has 0 aromatic heterocycles. The van der Waals surface area contributed by atoms with Crippen molar-refractivity contribution in [2.75, 3.05) is 18.5 Å². The monoisotopic (exact) mass is 323 g/mol. The average molecular weight is 323 g/mol. The van der Waals surface area contributed by atoms with Crippen molar-refractivity contribution in [2.24, 2.45) is 0 Å². The Morgan fingerprint density at radius 3 is 2.43 bits per heavy atom. The second-order valence-electron chi connectivity index (χ2n) is 5.81. The van der Waals surface area contributed by atoms with Crippen molar-refractivity contribution in [1.82, 2.24) is 0 Å². The van der Waals surface area contributed by atoms with Gasteiger partial charge in [0.1, 0.15) is 0 Å². The lowest BCUT2D eigenvalue weighted by Gasteiger charge is -2.22. The molecule has 0 saturated carbocycles. The number of carbonyl (C=O) groups is 1. The van der Waals surface area contributed by atoms with Crippen molar-refractivity contribution in [1.29, 1.82) is 0 Å². The minimum absolute atomic E-state index is 0.148. The first-order valence-electron chi connectivity index (χ1n) is 8.47. The van der Waals surface area contributed by atoms with E-state index in [1.165, 1.54) is 0 Å². The maximum Gasteiger partial charge on any atom is 0.336 e. The summed E-state index contributed by atoms with van der Waals surface area (Å²) in [7, 11) is 0. The summed E-state index contributed by atoms with van der Waals surface area (Å²) in [5.74, 6) is -0.899. The summed E-state index contributed by atoms with van der Waals surface area (Å²) in [5, 5.41) is 30.8. The van der Waals surface area contributed by atoms with E-state index in [0.717, 1.165) is 43.4 Å². The fourth-order valence-corrected chi connectivity index (χ4v) is 2.79. The Morgan fingerprint density at radius 1 is 1.13 bits per heavy atom. The van der Waals surface area contributed by atoms with Crippen LogP contribution in [0.4, 0.5) is 5.69 Å². The molecule has 5 nitrogen and oxygen atoms in total. The molecular formula is C18H29NO4. The summed E-state index contributed by atoms with van der Waals surface area (Å²) in [6, 6.07) is 5.51. The van der Waals surface area contributed by atoms with Crippen molar-refractivity contribution >= 4 is 11.7 Å². The molecule has 5 heteroatoms. The molecule has 0 aliphatic carbocycles. The molecule has 0 radical (unpaired) electrons. The van der Waals surface area contributed by atoms with Gasteiger partial charge in [0.2, 0.25) is 0 Å². The van der Waals surface area contributed by atoms with Gasteiger partial charge in [0, 0.05) is 24.9 Å². The van der Waals surface area contributed by atoms with Crippen molar-refractivity contribution < 1.29 is 20.1 Å². The highest BCUT2D eigenvalue weighted by Gasteiger charge is 2.16. The van der Waals surface area contributed by atoms with Gasteiger partial charge < -0.3 is 20.6 Å². The molecule has 0 spiro atoms. The topological polar surface area (TPSA) is 89.8 Å². The highest BCUT2D eigenvalue weighted by atomic mass is 16.4. The Bertz CT molecular complexity index is 476. The number of unbranched alkanes of at least 4 members (excludes halogenated alkanes) is 1. The van der Waals surface area contributed by atoms with E-state index in [1.807, 2.05) is 13.0 Å². The highest BCUT2D eigenvalue weighted by Crippen LogP contribution is 2.24. The SMILES string of the molecule is CCCc1c(NC(CCCO)CCCCO)cccc1C(=O)O. The molecule has 130 valence electrons. The number of carboxylic acid groups (broad SMARTS) is 1. The second-order valence-corrected chi connectivity index (χ2v) is 5.81. The van der Waals surface area contributed by atoms with Gasteiger partial charge >= 0.3 is 5.97 Å². The first-order chi connectivity index (χ1) is 11.1. The normalized spacial score (nSPS) is 12.1. The molecule has 1 atom stereocenters. The number of aromatic carboxylic acids is 1. The van der Waals surface area contributed by atoms with Crippen LogP contribution in [-0.4, -0.2) is 40.5 Å². The third-order valence-corrected chi connectivity index (χ3v) is 3.94. The average Bonchev–Trinajstić information content (AvgIpc) is 2.54. The van der Waals surface area contributed by atoms with E-state index in [9.17, 15) is 9.90 Å². The number of nitrogens with one attached hydrogen (secondary N) is 1. The standard InChI is InChI=1S/C18H29NO4/c1-2-7-15-16(18(22)23)10-5-11-17(15)19-14(9-6-13-21)8-3-4-12-20/h5,10-11,14,19-21H,2-4,6-9,12-13H2,1H3,(H,22,23). The zero-order chi connectivity index (χ0) is 17.1. The van der Waals surface area contributed by atoms with Crippen LogP contribution < -0.4 is 5.32 Å². The van der Waals surface area contributed by atoms with E-state index >= 15 is 0 Å². The van der Waals surface area contributed by atoms with Gasteiger partial charge in [-0.15, -0.1) is 0 Å². The molecule has 0 amide bonds. The van der Waals surface area contributed by atoms with E-state index < -0.39 is 5.97 Å². The van der Waals surface area contributed by atoms with Crippen LogP contribution >= 0.6 is 0 Å². The van der Waals surface area contributed by atoms with Gasteiger partial charge in [-0.3, -0.25) is 0 Å². The van der Waals surface area contributed by atoms with Crippen LogP contribution in [0.25, 0.3) is 0 Å². The van der Waals surface area contributed by atoms with Gasteiger partial charge in [0.15, 0.2) is 0 Å². The number of rotatable bonds is 12. The minimum atomic E-state index is -0.899. The highest BCUT2D eigenvalue weighted by molar-refractivity contribution is 5.91. The van der Waals surface area contributed by atoms with Gasteiger partial charge in [-0.1, -0.05) is 19.4 Å². The first kappa shape index (κ1) is 19.5. The molecule has 4 N–H and O–H groups in total. The van der Waals surface area contributed by atoms with E-state index in [2.05, 4.69) is 5.32 Å². The number of aliphatic hydroxyl groups is 2. The number of benzene rings is 1. The van der Waals surface area contributed by atoms with E-state index in [-0.39, 0.29) is 19.3 Å². The van der Waals surface area contributed by atoms with Crippen molar-refractivity contribution in [3.8, 4) is 0 Å². The lowest BCUT2D eigenvalue weighted by Crippen LogP contribution is -2.21. The zero-order valence-electron chi connectivity index (χ0n) is 13.9. The first-order valence-corrected chi connectivity index (χ1v) is 8.47. The fraction of sp³-hybridized carbons (Fsp3) is 0.611. The molecular weight excluding hydrogens is 294 g/mol. The third-order valence-electron chi connectivity index (χ3n) is 3.94. The second kappa shape index (κ2) is 11.0. The molecule has 0 saturated heterocycles. The third kappa shape index (κ3) is 6.59. The Morgan fingerprint density at radius 2 is 1.83 bits per heavy atom. The molecule has 0 fully saturated rings. The van der Waals surface area contributed by atoms with Gasteiger partial charge in [-0.25, -0.2) is 4.79 Å². The largest absolute Gasteiger partial charge is 0.478 e. The number of hydrogen-bond donors (Lipinski definition) is 4. The van der Waals surface area contributed by atoms with Crippen LogP contribution in [0, 0.1) is 0 Å². The lowest BCUT2D eigenvalue weighted by atomic mass is 9.98. The summed E-state index contributed by atoms with van der Waals surface area (Å²) in [4.78, 5) is 11.4. The van der Waals surface area contributed by atoms with Crippen LogP contribution in [0.3, 0.4) is 0 Å². The van der Waals surface area contributed by atoms with Crippen molar-refractivity contribution in [2.45, 2.75) is 57.9 Å². The maximum absolute atomic E-state index is 11.4. The molecule has 0 aliphatic heterocycles. The lowest BCUT2D eigenvalue weighted by molar-refractivity contribution is 0.0695. The Labute approximate surface area is 138 Å². The molecule has 1 unspecified atom stereocenters. The smallest absolute Gasteiger partial charge is 0.336 e. The van der Waals surface area contributed by atoms with Crippen LogP contribution in [0.15, 0.2) is 18.2 Å². The molecule has 0 aliphatic rings. The van der Waals surface area contributed by atoms with Crippen LogP contribution in [0.5, 0.6) is 0 Å². The summed E-state index contributed by atoms with van der Waals surface area (Å²) in [5.41, 5.74) is 2.07. The minimum Gasteiger partial charge on any atom is -0.478 e. The van der Waals surface area contributed by atoms with Gasteiger partial charge in [-0.2, -0.15) is 0 Å². The van der Waals surface area contributed by atoms with E-state index in [1.54, 1.807) is 12.1 Å². The van der Waals surface area contributed by atoms with E-state index in [0.29, 0.717) is 18.4 Å². The van der Waals surface area contributed by atoms with Crippen LogP contribution in [0.1, 0.15) is 61.4 Å². The molecule has 0 bridgehead atoms. The molecule has 23 heavy (non-hydrogen) atoms. The molecule has 1 aromatic rings. The summed E-state index contributed by atoms with van der Waals surface area (Å²) in [6.45, 7) is 2.37. The number of aliphatic hydroxyl groups excluding tert-OH is 2. The predicted molar refractivity (Wildman–Crippen MR) is 92.1 cm³/mol. The zero-order valence-corrected chi connectivity index (χ0v) is 13.9. The Hall–Kier alpha value is -1.59. The molecule has 1 rings (SSSR count). The molecule has 1 aromatic carbocycles.